The zero-order valence-corrected chi connectivity index (χ0v) is 16.2. The number of imide groups is 1. The number of hydrogen-bond donors (Lipinski definition) is 1. The van der Waals surface area contributed by atoms with Gasteiger partial charge in [0.15, 0.2) is 0 Å². The lowest BCUT2D eigenvalue weighted by Gasteiger charge is -2.23. The van der Waals surface area contributed by atoms with E-state index >= 15 is 0 Å². The third-order valence-corrected chi connectivity index (χ3v) is 5.46. The van der Waals surface area contributed by atoms with Crippen LogP contribution >= 0.6 is 23.2 Å². The van der Waals surface area contributed by atoms with E-state index in [4.69, 9.17) is 23.2 Å². The molecule has 1 fully saturated rings. The van der Waals surface area contributed by atoms with Gasteiger partial charge in [0, 0.05) is 21.5 Å². The lowest BCUT2D eigenvalue weighted by atomic mass is 9.92. The van der Waals surface area contributed by atoms with Crippen LogP contribution in [0.5, 0.6) is 0 Å². The van der Waals surface area contributed by atoms with Gasteiger partial charge < -0.3 is 5.32 Å². The van der Waals surface area contributed by atoms with Crippen molar-refractivity contribution in [2.45, 2.75) is 19.0 Å². The van der Waals surface area contributed by atoms with E-state index in [1.807, 2.05) is 24.3 Å². The highest BCUT2D eigenvalue weighted by Crippen LogP contribution is 2.35. The van der Waals surface area contributed by atoms with Crippen molar-refractivity contribution >= 4 is 46.0 Å². The minimum atomic E-state index is -1.40. The van der Waals surface area contributed by atoms with E-state index in [-0.39, 0.29) is 16.7 Å². The van der Waals surface area contributed by atoms with Crippen LogP contribution in [-0.2, 0) is 16.9 Å². The van der Waals surface area contributed by atoms with E-state index in [1.165, 1.54) is 19.1 Å². The summed E-state index contributed by atoms with van der Waals surface area (Å²) in [5, 5.41) is 3.77. The summed E-state index contributed by atoms with van der Waals surface area (Å²) in [6, 6.07) is 12.3. The molecule has 0 spiro atoms. The van der Waals surface area contributed by atoms with E-state index in [1.54, 1.807) is 6.07 Å². The van der Waals surface area contributed by atoms with Crippen LogP contribution in [0.25, 0.3) is 10.9 Å². The molecule has 2 aromatic carbocycles. The van der Waals surface area contributed by atoms with Crippen molar-refractivity contribution in [2.75, 3.05) is 0 Å². The Morgan fingerprint density at radius 2 is 1.89 bits per heavy atom. The molecule has 0 aliphatic carbocycles. The van der Waals surface area contributed by atoms with Crippen LogP contribution in [0.2, 0.25) is 10.2 Å². The van der Waals surface area contributed by atoms with Crippen LogP contribution < -0.4 is 5.32 Å². The maximum Gasteiger partial charge on any atom is 0.325 e. The minimum Gasteiger partial charge on any atom is -0.319 e. The molecule has 5 nitrogen and oxygen atoms in total. The van der Waals surface area contributed by atoms with Crippen LogP contribution in [0.1, 0.15) is 18.1 Å². The molecule has 142 valence electrons. The average Bonchev–Trinajstić information content (AvgIpc) is 2.86. The first-order valence-corrected chi connectivity index (χ1v) is 9.19. The van der Waals surface area contributed by atoms with Crippen molar-refractivity contribution in [1.82, 2.24) is 15.2 Å². The first-order chi connectivity index (χ1) is 13.3. The zero-order valence-electron chi connectivity index (χ0n) is 14.7. The van der Waals surface area contributed by atoms with E-state index in [9.17, 15) is 14.0 Å². The third kappa shape index (κ3) is 2.99. The summed E-state index contributed by atoms with van der Waals surface area (Å²) in [4.78, 5) is 31.0. The normalized spacial score (nSPS) is 19.4. The van der Waals surface area contributed by atoms with Crippen LogP contribution in [0.4, 0.5) is 9.18 Å². The number of aromatic nitrogens is 1. The molecule has 0 saturated carbocycles. The molecule has 1 unspecified atom stereocenters. The lowest BCUT2D eigenvalue weighted by Crippen LogP contribution is -2.41. The Kier molecular flexibility index (Phi) is 4.48. The molecule has 0 bridgehead atoms. The van der Waals surface area contributed by atoms with Crippen molar-refractivity contribution in [3.8, 4) is 0 Å². The Morgan fingerprint density at radius 3 is 2.64 bits per heavy atom. The fraction of sp³-hybridized carbons (Fsp3) is 0.150. The Balaban J connectivity index is 1.69. The van der Waals surface area contributed by atoms with Gasteiger partial charge in [-0.3, -0.25) is 9.69 Å². The number of halogens is 3. The van der Waals surface area contributed by atoms with Gasteiger partial charge in [-0.15, -0.1) is 0 Å². The number of rotatable bonds is 3. The summed E-state index contributed by atoms with van der Waals surface area (Å²) in [5.74, 6) is -1.03. The average molecular weight is 418 g/mol. The standard InChI is InChI=1S/C20H14Cl2FN3O2/c1-20(14-7-6-13(23)9-15(14)21)18(27)26(19(28)25-20)10-12-8-11-4-2-3-5-16(11)24-17(12)22/h2-9H,10H2,1H3,(H,25,28). The second-order valence-corrected chi connectivity index (χ2v) is 7.47. The maximum absolute atomic E-state index is 13.4. The van der Waals surface area contributed by atoms with Gasteiger partial charge in [0.05, 0.1) is 12.1 Å². The Bertz CT molecular complexity index is 1140. The number of fused-ring (bicyclic) bond motifs is 1. The molecule has 0 radical (unpaired) electrons. The van der Waals surface area contributed by atoms with Crippen molar-refractivity contribution in [3.05, 3.63) is 75.7 Å². The SMILES string of the molecule is CC1(c2ccc(F)cc2Cl)NC(=O)N(Cc2cc3ccccc3nc2Cl)C1=O. The van der Waals surface area contributed by atoms with E-state index in [0.29, 0.717) is 11.1 Å². The number of benzene rings is 2. The number of hydrogen-bond acceptors (Lipinski definition) is 3. The highest BCUT2D eigenvalue weighted by molar-refractivity contribution is 6.32. The largest absolute Gasteiger partial charge is 0.325 e. The van der Waals surface area contributed by atoms with Crippen LogP contribution in [0.3, 0.4) is 0 Å². The number of para-hydroxylation sites is 1. The van der Waals surface area contributed by atoms with Crippen LogP contribution in [0, 0.1) is 5.82 Å². The minimum absolute atomic E-state index is 0.0459. The molecule has 1 saturated heterocycles. The fourth-order valence-corrected chi connectivity index (χ4v) is 3.90. The summed E-state index contributed by atoms with van der Waals surface area (Å²) in [5.41, 5.74) is 0.173. The van der Waals surface area contributed by atoms with Crippen LogP contribution in [0.15, 0.2) is 48.5 Å². The predicted octanol–water partition coefficient (Wildman–Crippen LogP) is 4.65. The number of carbonyl (C=O) groups excluding carboxylic acids is 2. The number of nitrogens with zero attached hydrogens (tertiary/aromatic N) is 2. The van der Waals surface area contributed by atoms with E-state index < -0.39 is 23.3 Å². The van der Waals surface area contributed by atoms with Gasteiger partial charge >= 0.3 is 6.03 Å². The van der Waals surface area contributed by atoms with Crippen molar-refractivity contribution in [3.63, 3.8) is 0 Å². The zero-order chi connectivity index (χ0) is 20.1. The highest BCUT2D eigenvalue weighted by Gasteiger charge is 2.50. The Labute approximate surface area is 170 Å². The number of urea groups is 1. The first-order valence-electron chi connectivity index (χ1n) is 8.43. The molecular weight excluding hydrogens is 404 g/mol. The molecule has 8 heteroatoms. The molecule has 1 atom stereocenters. The van der Waals surface area contributed by atoms with Crippen molar-refractivity contribution < 1.29 is 14.0 Å². The summed E-state index contributed by atoms with van der Waals surface area (Å²) in [6.45, 7) is 1.49. The highest BCUT2D eigenvalue weighted by atomic mass is 35.5. The number of amides is 3. The monoisotopic (exact) mass is 417 g/mol. The molecule has 1 N–H and O–H groups in total. The fourth-order valence-electron chi connectivity index (χ4n) is 3.34. The van der Waals surface area contributed by atoms with E-state index in [0.717, 1.165) is 21.9 Å². The second-order valence-electron chi connectivity index (χ2n) is 6.70. The molecule has 1 aromatic heterocycles. The van der Waals surface area contributed by atoms with Gasteiger partial charge in [-0.2, -0.15) is 0 Å². The number of carbonyl (C=O) groups is 2. The quantitative estimate of drug-likeness (QED) is 0.498. The first kappa shape index (κ1) is 18.7. The molecule has 1 aliphatic heterocycles. The Morgan fingerprint density at radius 1 is 1.14 bits per heavy atom. The maximum atomic E-state index is 13.4. The predicted molar refractivity (Wildman–Crippen MR) is 105 cm³/mol. The number of nitrogens with one attached hydrogen (secondary N) is 1. The van der Waals surface area contributed by atoms with Crippen molar-refractivity contribution in [1.29, 1.82) is 0 Å². The molecule has 3 aromatic rings. The summed E-state index contributed by atoms with van der Waals surface area (Å²) in [6.07, 6.45) is 0. The molecule has 28 heavy (non-hydrogen) atoms. The van der Waals surface area contributed by atoms with Gasteiger partial charge in [-0.05, 0) is 31.2 Å². The molecular formula is C20H14Cl2FN3O2. The van der Waals surface area contributed by atoms with Gasteiger partial charge in [0.2, 0.25) is 0 Å². The molecule has 3 amide bonds. The molecule has 2 heterocycles. The van der Waals surface area contributed by atoms with Gasteiger partial charge in [-0.25, -0.2) is 14.2 Å². The smallest absolute Gasteiger partial charge is 0.319 e. The van der Waals surface area contributed by atoms with Gasteiger partial charge in [-0.1, -0.05) is 47.5 Å². The lowest BCUT2D eigenvalue weighted by molar-refractivity contribution is -0.131. The molecule has 4 rings (SSSR count). The van der Waals surface area contributed by atoms with Gasteiger partial charge in [0.1, 0.15) is 16.5 Å². The van der Waals surface area contributed by atoms with E-state index in [2.05, 4.69) is 10.3 Å². The third-order valence-electron chi connectivity index (χ3n) is 4.82. The van der Waals surface area contributed by atoms with Gasteiger partial charge in [0.25, 0.3) is 5.91 Å². The summed E-state index contributed by atoms with van der Waals surface area (Å²) in [7, 11) is 0. The van der Waals surface area contributed by atoms with Crippen molar-refractivity contribution in [2.24, 2.45) is 0 Å². The second kappa shape index (κ2) is 6.72. The molecule has 1 aliphatic rings. The Hall–Kier alpha value is -2.70. The van der Waals surface area contributed by atoms with Crippen LogP contribution in [-0.4, -0.2) is 21.8 Å². The number of pyridine rings is 1. The summed E-state index contributed by atoms with van der Waals surface area (Å²) < 4.78 is 13.4. The topological polar surface area (TPSA) is 62.3 Å². The summed E-state index contributed by atoms with van der Waals surface area (Å²) >= 11 is 12.4.